The number of hydrogen-bond acceptors (Lipinski definition) is 5. The summed E-state index contributed by atoms with van der Waals surface area (Å²) in [6.45, 7) is 3.15. The SMILES string of the molecule is CCOC1=C(CC)C=NC2=[N+](C)C(=O)N(CC(=O)Nc3cc(C(F)(F)F)ccc3Cl)C(=O)C12. The molecule has 12 heteroatoms. The molecule has 1 N–H and O–H groups in total. The number of imide groups is 1. The van der Waals surface area contributed by atoms with E-state index in [2.05, 4.69) is 10.3 Å². The van der Waals surface area contributed by atoms with Crippen LogP contribution in [0, 0.1) is 5.92 Å². The van der Waals surface area contributed by atoms with Gasteiger partial charge in [-0.2, -0.15) is 22.6 Å². The number of urea groups is 1. The summed E-state index contributed by atoms with van der Waals surface area (Å²) in [6.07, 6.45) is -2.58. The number of ether oxygens (including phenoxy) is 1. The van der Waals surface area contributed by atoms with Gasteiger partial charge in [0.15, 0.2) is 12.5 Å². The number of hydrogen-bond donors (Lipinski definition) is 1. The minimum atomic E-state index is -4.64. The molecule has 1 unspecified atom stereocenters. The van der Waals surface area contributed by atoms with Crippen LogP contribution in [0.3, 0.4) is 0 Å². The summed E-state index contributed by atoms with van der Waals surface area (Å²) in [5, 5.41) is 2.11. The average Bonchev–Trinajstić information content (AvgIpc) is 2.75. The predicted molar refractivity (Wildman–Crippen MR) is 114 cm³/mol. The first kappa shape index (κ1) is 24.4. The molecule has 4 amide bonds. The summed E-state index contributed by atoms with van der Waals surface area (Å²) >= 11 is 5.91. The second-order valence-electron chi connectivity index (χ2n) is 7.23. The van der Waals surface area contributed by atoms with Gasteiger partial charge in [0.25, 0.3) is 11.7 Å². The van der Waals surface area contributed by atoms with Crippen LogP contribution in [0.1, 0.15) is 25.8 Å². The Kier molecular flexibility index (Phi) is 6.92. The van der Waals surface area contributed by atoms with E-state index >= 15 is 0 Å². The van der Waals surface area contributed by atoms with Crippen LogP contribution >= 0.6 is 11.6 Å². The molecule has 0 aromatic heterocycles. The van der Waals surface area contributed by atoms with Crippen molar-refractivity contribution in [2.24, 2.45) is 10.9 Å². The molecule has 0 saturated heterocycles. The second kappa shape index (κ2) is 9.34. The number of dihydropyridines is 1. The molecule has 176 valence electrons. The first-order valence-corrected chi connectivity index (χ1v) is 10.4. The van der Waals surface area contributed by atoms with Crippen molar-refractivity contribution in [1.82, 2.24) is 4.90 Å². The summed E-state index contributed by atoms with van der Waals surface area (Å²) in [6, 6.07) is 1.65. The van der Waals surface area contributed by atoms with Crippen molar-refractivity contribution in [2.45, 2.75) is 26.4 Å². The highest BCUT2D eigenvalue weighted by Crippen LogP contribution is 2.34. The zero-order valence-electron chi connectivity index (χ0n) is 18.0. The number of benzene rings is 1. The Hall–Kier alpha value is -3.21. The molecule has 3 rings (SSSR count). The standard InChI is InChI=1S/C21H20ClF3N4O4/c1-4-11-9-26-18-16(17(11)33-5-2)19(31)29(20(32)28(18)3)10-15(30)27-14-8-12(21(23,24)25)6-7-13(14)22/h6-9,16H,4-5,10H2,1-3H3/p+1. The molecule has 0 saturated carbocycles. The number of rotatable bonds is 6. The largest absolute Gasteiger partial charge is 0.496 e. The number of nitrogens with zero attached hydrogens (tertiary/aromatic N) is 3. The molecule has 33 heavy (non-hydrogen) atoms. The normalized spacial score (nSPS) is 18.6. The summed E-state index contributed by atoms with van der Waals surface area (Å²) < 4.78 is 45.8. The smallest absolute Gasteiger partial charge is 0.446 e. The first-order valence-electron chi connectivity index (χ1n) is 10.0. The molecule has 2 aliphatic heterocycles. The lowest BCUT2D eigenvalue weighted by Gasteiger charge is -2.29. The fraction of sp³-hybridized carbons (Fsp3) is 0.381. The Morgan fingerprint density at radius 2 is 2.00 bits per heavy atom. The van der Waals surface area contributed by atoms with Crippen LogP contribution in [-0.2, 0) is 20.5 Å². The molecule has 1 atom stereocenters. The van der Waals surface area contributed by atoms with Crippen LogP contribution in [0.2, 0.25) is 5.02 Å². The molecule has 0 spiro atoms. The van der Waals surface area contributed by atoms with Crippen molar-refractivity contribution in [3.05, 3.63) is 40.1 Å². The highest BCUT2D eigenvalue weighted by atomic mass is 35.5. The highest BCUT2D eigenvalue weighted by Gasteiger charge is 2.51. The number of alkyl halides is 3. The number of carbonyl (C=O) groups is 3. The Morgan fingerprint density at radius 3 is 2.61 bits per heavy atom. The Bertz CT molecular complexity index is 1110. The molecule has 0 bridgehead atoms. The summed E-state index contributed by atoms with van der Waals surface area (Å²) in [5.41, 5.74) is -0.619. The number of amides is 4. The average molecular weight is 486 g/mol. The van der Waals surface area contributed by atoms with Crippen LogP contribution < -0.4 is 5.32 Å². The van der Waals surface area contributed by atoms with E-state index in [0.29, 0.717) is 28.7 Å². The van der Waals surface area contributed by atoms with Crippen molar-refractivity contribution in [2.75, 3.05) is 25.5 Å². The van der Waals surface area contributed by atoms with Gasteiger partial charge in [0.2, 0.25) is 0 Å². The van der Waals surface area contributed by atoms with E-state index in [-0.39, 0.29) is 23.2 Å². The highest BCUT2D eigenvalue weighted by molar-refractivity contribution is 6.33. The van der Waals surface area contributed by atoms with E-state index in [1.807, 2.05) is 6.92 Å². The fourth-order valence-electron chi connectivity index (χ4n) is 3.49. The number of carbonyl (C=O) groups excluding carboxylic acids is 3. The molecule has 0 aliphatic carbocycles. The molecule has 2 aliphatic rings. The lowest BCUT2D eigenvalue weighted by molar-refractivity contribution is -0.408. The monoisotopic (exact) mass is 485 g/mol. The Labute approximate surface area is 192 Å². The maximum atomic E-state index is 13.2. The number of amidine groups is 1. The van der Waals surface area contributed by atoms with Gasteiger partial charge >= 0.3 is 18.1 Å². The molecule has 0 fully saturated rings. The third kappa shape index (κ3) is 4.77. The van der Waals surface area contributed by atoms with E-state index in [1.54, 1.807) is 6.92 Å². The summed E-state index contributed by atoms with van der Waals surface area (Å²) in [5.74, 6) is -2.11. The zero-order valence-corrected chi connectivity index (χ0v) is 18.8. The van der Waals surface area contributed by atoms with Crippen LogP contribution in [0.15, 0.2) is 34.5 Å². The van der Waals surface area contributed by atoms with Gasteiger partial charge < -0.3 is 10.1 Å². The number of anilines is 1. The Morgan fingerprint density at radius 1 is 1.30 bits per heavy atom. The number of halogens is 4. The minimum Gasteiger partial charge on any atom is -0.496 e. The van der Waals surface area contributed by atoms with E-state index in [9.17, 15) is 27.6 Å². The number of fused-ring (bicyclic) bond motifs is 1. The van der Waals surface area contributed by atoms with Gasteiger partial charge in [-0.1, -0.05) is 18.5 Å². The topological polar surface area (TPSA) is 91.1 Å². The van der Waals surface area contributed by atoms with Gasteiger partial charge in [-0.05, 0) is 31.5 Å². The maximum Gasteiger partial charge on any atom is 0.446 e. The predicted octanol–water partition coefficient (Wildman–Crippen LogP) is 3.70. The van der Waals surface area contributed by atoms with Crippen molar-refractivity contribution in [1.29, 1.82) is 0 Å². The molecule has 8 nitrogen and oxygen atoms in total. The first-order chi connectivity index (χ1) is 15.5. The quantitative estimate of drug-likeness (QED) is 0.622. The van der Waals surface area contributed by atoms with E-state index < -0.39 is 42.0 Å². The number of allylic oxidation sites excluding steroid dienone is 1. The molecule has 1 aromatic carbocycles. The van der Waals surface area contributed by atoms with E-state index in [0.717, 1.165) is 16.7 Å². The van der Waals surface area contributed by atoms with E-state index in [1.165, 1.54) is 13.3 Å². The zero-order chi connectivity index (χ0) is 24.5. The minimum absolute atomic E-state index is 0.129. The second-order valence-corrected chi connectivity index (χ2v) is 7.64. The van der Waals surface area contributed by atoms with Crippen molar-refractivity contribution >= 4 is 47.2 Å². The van der Waals surface area contributed by atoms with Gasteiger partial charge in [-0.15, -0.1) is 4.99 Å². The van der Waals surface area contributed by atoms with Crippen LogP contribution in [0.5, 0.6) is 0 Å². The lowest BCUT2D eigenvalue weighted by Crippen LogP contribution is -2.56. The van der Waals surface area contributed by atoms with Crippen molar-refractivity contribution < 1.29 is 36.9 Å². The third-order valence-corrected chi connectivity index (χ3v) is 5.44. The van der Waals surface area contributed by atoms with Crippen molar-refractivity contribution in [3.8, 4) is 0 Å². The van der Waals surface area contributed by atoms with Gasteiger partial charge in [-0.25, -0.2) is 4.79 Å². The summed E-state index contributed by atoms with van der Waals surface area (Å²) in [4.78, 5) is 43.5. The molecule has 0 radical (unpaired) electrons. The number of nitrogens with one attached hydrogen (secondary N) is 1. The van der Waals surface area contributed by atoms with Gasteiger partial charge in [0.05, 0.1) is 29.9 Å². The molecular formula is C21H21ClF3N4O4+. The van der Waals surface area contributed by atoms with Crippen LogP contribution in [0.25, 0.3) is 0 Å². The van der Waals surface area contributed by atoms with Gasteiger partial charge in [-0.3, -0.25) is 9.59 Å². The van der Waals surface area contributed by atoms with Gasteiger partial charge in [0, 0.05) is 5.57 Å². The lowest BCUT2D eigenvalue weighted by atomic mass is 9.94. The maximum absolute atomic E-state index is 13.2. The fourth-order valence-corrected chi connectivity index (χ4v) is 3.65. The van der Waals surface area contributed by atoms with Crippen LogP contribution in [0.4, 0.5) is 23.7 Å². The Balaban J connectivity index is 1.88. The van der Waals surface area contributed by atoms with Crippen LogP contribution in [-0.4, -0.2) is 59.6 Å². The van der Waals surface area contributed by atoms with Gasteiger partial charge in [0.1, 0.15) is 12.0 Å². The molecule has 2 heterocycles. The van der Waals surface area contributed by atoms with E-state index in [4.69, 9.17) is 16.3 Å². The number of aliphatic imine (C=N–C) groups is 1. The third-order valence-electron chi connectivity index (χ3n) is 5.11. The molecular weight excluding hydrogens is 465 g/mol. The summed E-state index contributed by atoms with van der Waals surface area (Å²) in [7, 11) is 1.41. The van der Waals surface area contributed by atoms with Crippen molar-refractivity contribution in [3.63, 3.8) is 0 Å². The molecule has 1 aromatic rings.